The molecule has 0 radical (unpaired) electrons. The quantitative estimate of drug-likeness (QED) is 0.612. The Kier molecular flexibility index (Phi) is 6.00. The zero-order valence-corrected chi connectivity index (χ0v) is 17.0. The van der Waals surface area contributed by atoms with Crippen molar-refractivity contribution in [1.29, 1.82) is 0 Å². The molecule has 1 atom stereocenters. The minimum absolute atomic E-state index is 0.0560. The monoisotopic (exact) mass is 415 g/mol. The van der Waals surface area contributed by atoms with Crippen LogP contribution in [0.1, 0.15) is 18.4 Å². The lowest BCUT2D eigenvalue weighted by Gasteiger charge is -2.14. The third-order valence-electron chi connectivity index (χ3n) is 4.06. The molecule has 1 amide bonds. The molecule has 1 aromatic heterocycles. The van der Waals surface area contributed by atoms with Gasteiger partial charge in [0.15, 0.2) is 5.76 Å². The van der Waals surface area contributed by atoms with Gasteiger partial charge in [0.25, 0.3) is 0 Å². The van der Waals surface area contributed by atoms with Crippen LogP contribution < -0.4 is 14.8 Å². The van der Waals surface area contributed by atoms with E-state index in [2.05, 4.69) is 15.2 Å². The van der Waals surface area contributed by atoms with E-state index in [1.165, 1.54) is 20.8 Å². The van der Waals surface area contributed by atoms with Gasteiger partial charge in [-0.25, -0.2) is 8.42 Å². The molecule has 2 N–H and O–H groups in total. The Morgan fingerprint density at radius 1 is 1.03 bits per heavy atom. The molecule has 0 bridgehead atoms. The smallest absolute Gasteiger partial charge is 0.246 e. The molecule has 0 saturated heterocycles. The number of rotatable bonds is 7. The third-order valence-corrected chi connectivity index (χ3v) is 5.85. The molecule has 0 unspecified atom stereocenters. The van der Waals surface area contributed by atoms with E-state index < -0.39 is 22.0 Å². The normalized spacial score (nSPS) is 12.4. The predicted molar refractivity (Wildman–Crippen MR) is 107 cm³/mol. The molecule has 2 aromatic carbocycles. The number of hydrogen-bond acceptors (Lipinski definition) is 6. The fraction of sp³-hybridized carbons (Fsp3) is 0.200. The number of sulfonamides is 1. The number of para-hydroxylation sites is 1. The van der Waals surface area contributed by atoms with E-state index in [1.807, 2.05) is 30.3 Å². The summed E-state index contributed by atoms with van der Waals surface area (Å²) in [5.74, 6) is 0.974. The van der Waals surface area contributed by atoms with Gasteiger partial charge in [0.1, 0.15) is 22.1 Å². The molecule has 0 aliphatic heterocycles. The Balaban J connectivity index is 1.62. The fourth-order valence-electron chi connectivity index (χ4n) is 2.68. The van der Waals surface area contributed by atoms with Gasteiger partial charge in [-0.1, -0.05) is 23.4 Å². The largest absolute Gasteiger partial charge is 0.457 e. The van der Waals surface area contributed by atoms with E-state index in [-0.39, 0.29) is 16.3 Å². The van der Waals surface area contributed by atoms with Crippen molar-refractivity contribution >= 4 is 21.6 Å². The van der Waals surface area contributed by atoms with Crippen LogP contribution in [0.2, 0.25) is 0 Å². The topological polar surface area (TPSA) is 111 Å². The molecule has 0 aliphatic rings. The summed E-state index contributed by atoms with van der Waals surface area (Å²) in [6, 6.07) is 15.1. The van der Waals surface area contributed by atoms with Gasteiger partial charge in [-0.15, -0.1) is 0 Å². The second-order valence-corrected chi connectivity index (χ2v) is 8.08. The molecule has 1 heterocycles. The lowest BCUT2D eigenvalue weighted by molar-refractivity contribution is -0.117. The highest BCUT2D eigenvalue weighted by molar-refractivity contribution is 7.89. The van der Waals surface area contributed by atoms with Crippen molar-refractivity contribution in [2.75, 3.05) is 5.32 Å². The second kappa shape index (κ2) is 8.46. The summed E-state index contributed by atoms with van der Waals surface area (Å²) in [6.07, 6.45) is 0. The number of ether oxygens (including phenoxy) is 1. The zero-order chi connectivity index (χ0) is 21.0. The van der Waals surface area contributed by atoms with E-state index in [1.54, 1.807) is 24.3 Å². The molecular formula is C20H21N3O5S. The number of hydrogen-bond donors (Lipinski definition) is 2. The average molecular weight is 415 g/mol. The summed E-state index contributed by atoms with van der Waals surface area (Å²) in [6.45, 7) is 4.48. The van der Waals surface area contributed by atoms with Gasteiger partial charge in [0.05, 0.1) is 6.04 Å². The molecule has 0 saturated carbocycles. The van der Waals surface area contributed by atoms with Gasteiger partial charge >= 0.3 is 0 Å². The number of carbonyl (C=O) groups is 1. The third kappa shape index (κ3) is 5.01. The highest BCUT2D eigenvalue weighted by Crippen LogP contribution is 2.23. The van der Waals surface area contributed by atoms with Crippen LogP contribution in [0.5, 0.6) is 11.5 Å². The highest BCUT2D eigenvalue weighted by atomic mass is 32.2. The van der Waals surface area contributed by atoms with E-state index in [0.29, 0.717) is 17.2 Å². The van der Waals surface area contributed by atoms with Crippen LogP contribution in [0.15, 0.2) is 64.0 Å². The van der Waals surface area contributed by atoms with Crippen LogP contribution >= 0.6 is 0 Å². The van der Waals surface area contributed by atoms with Crippen LogP contribution in [-0.4, -0.2) is 25.5 Å². The first kappa shape index (κ1) is 20.6. The van der Waals surface area contributed by atoms with E-state index in [0.717, 1.165) is 0 Å². The number of aryl methyl sites for hydroxylation is 2. The number of carbonyl (C=O) groups excluding carboxylic acids is 1. The van der Waals surface area contributed by atoms with Crippen molar-refractivity contribution in [2.24, 2.45) is 0 Å². The Morgan fingerprint density at radius 2 is 1.66 bits per heavy atom. The van der Waals surface area contributed by atoms with Gasteiger partial charge in [-0.2, -0.15) is 4.72 Å². The SMILES string of the molecule is Cc1noc(C)c1S(=O)(=O)N[C@@H](C)C(=O)Nc1ccc(Oc2ccccc2)cc1. The van der Waals surface area contributed by atoms with Crippen molar-refractivity contribution in [3.63, 3.8) is 0 Å². The maximum Gasteiger partial charge on any atom is 0.246 e. The number of nitrogens with one attached hydrogen (secondary N) is 2. The summed E-state index contributed by atoms with van der Waals surface area (Å²) in [5, 5.41) is 6.30. The number of aromatic nitrogens is 1. The van der Waals surface area contributed by atoms with Gasteiger partial charge in [-0.3, -0.25) is 4.79 Å². The average Bonchev–Trinajstić information content (AvgIpc) is 3.03. The van der Waals surface area contributed by atoms with Crippen molar-refractivity contribution in [3.05, 3.63) is 66.1 Å². The summed E-state index contributed by atoms with van der Waals surface area (Å²) < 4.78 is 38.0. The Bertz CT molecular complexity index is 1070. The Hall–Kier alpha value is -3.17. The van der Waals surface area contributed by atoms with Crippen molar-refractivity contribution in [3.8, 4) is 11.5 Å². The lowest BCUT2D eigenvalue weighted by Crippen LogP contribution is -2.41. The molecule has 3 aromatic rings. The maximum atomic E-state index is 12.5. The molecule has 9 heteroatoms. The van der Waals surface area contributed by atoms with Gasteiger partial charge in [-0.05, 0) is 57.2 Å². The standard InChI is InChI=1S/C20H21N3O5S/c1-13-19(15(3)28-22-13)29(25,26)23-14(2)20(24)21-16-9-11-18(12-10-16)27-17-7-5-4-6-8-17/h4-12,14,23H,1-3H3,(H,21,24)/t14-/m0/s1. The van der Waals surface area contributed by atoms with Crippen molar-refractivity contribution in [2.45, 2.75) is 31.7 Å². The number of amides is 1. The number of benzene rings is 2. The molecule has 3 rings (SSSR count). The lowest BCUT2D eigenvalue weighted by atomic mass is 10.2. The first-order valence-electron chi connectivity index (χ1n) is 8.85. The van der Waals surface area contributed by atoms with E-state index in [9.17, 15) is 13.2 Å². The molecule has 29 heavy (non-hydrogen) atoms. The molecule has 152 valence electrons. The highest BCUT2D eigenvalue weighted by Gasteiger charge is 2.28. The Labute approximate surface area is 168 Å². The summed E-state index contributed by atoms with van der Waals surface area (Å²) in [7, 11) is -3.94. The first-order valence-corrected chi connectivity index (χ1v) is 10.3. The molecular weight excluding hydrogens is 394 g/mol. The van der Waals surface area contributed by atoms with Crippen LogP contribution in [-0.2, 0) is 14.8 Å². The predicted octanol–water partition coefficient (Wildman–Crippen LogP) is 3.39. The van der Waals surface area contributed by atoms with E-state index in [4.69, 9.17) is 9.26 Å². The van der Waals surface area contributed by atoms with Crippen LogP contribution in [0.4, 0.5) is 5.69 Å². The van der Waals surface area contributed by atoms with Crippen LogP contribution in [0, 0.1) is 13.8 Å². The zero-order valence-electron chi connectivity index (χ0n) is 16.2. The maximum absolute atomic E-state index is 12.5. The first-order chi connectivity index (χ1) is 13.8. The van der Waals surface area contributed by atoms with Crippen LogP contribution in [0.25, 0.3) is 0 Å². The van der Waals surface area contributed by atoms with E-state index >= 15 is 0 Å². The molecule has 0 spiro atoms. The minimum Gasteiger partial charge on any atom is -0.457 e. The molecule has 0 fully saturated rings. The molecule has 8 nitrogen and oxygen atoms in total. The number of anilines is 1. The summed E-state index contributed by atoms with van der Waals surface area (Å²) in [5.41, 5.74) is 0.746. The Morgan fingerprint density at radius 3 is 2.24 bits per heavy atom. The van der Waals surface area contributed by atoms with Crippen molar-refractivity contribution in [1.82, 2.24) is 9.88 Å². The minimum atomic E-state index is -3.94. The number of nitrogens with zero attached hydrogens (tertiary/aromatic N) is 1. The van der Waals surface area contributed by atoms with Crippen molar-refractivity contribution < 1.29 is 22.5 Å². The second-order valence-electron chi connectivity index (χ2n) is 6.43. The van der Waals surface area contributed by atoms with Gasteiger partial charge < -0.3 is 14.6 Å². The summed E-state index contributed by atoms with van der Waals surface area (Å²) >= 11 is 0. The van der Waals surface area contributed by atoms with Crippen LogP contribution in [0.3, 0.4) is 0 Å². The molecule has 0 aliphatic carbocycles. The van der Waals surface area contributed by atoms with Gasteiger partial charge in [0.2, 0.25) is 15.9 Å². The summed E-state index contributed by atoms with van der Waals surface area (Å²) in [4.78, 5) is 12.3. The fourth-order valence-corrected chi connectivity index (χ4v) is 4.22. The van der Waals surface area contributed by atoms with Gasteiger partial charge in [0, 0.05) is 5.69 Å².